The van der Waals surface area contributed by atoms with Crippen molar-refractivity contribution < 1.29 is 13.6 Å². The molecule has 1 N–H and O–H groups in total. The first kappa shape index (κ1) is 11.8. The largest absolute Gasteiger partial charge is 0.464 e. The molecule has 1 aromatic carbocycles. The Labute approximate surface area is 98.6 Å². The molecule has 0 radical (unpaired) electrons. The number of rotatable bonds is 4. The SMILES string of the molecule is CCN[C@@H](C)C(=O)c1ccc2occc2c1F. The Morgan fingerprint density at radius 1 is 1.47 bits per heavy atom. The summed E-state index contributed by atoms with van der Waals surface area (Å²) in [7, 11) is 0. The van der Waals surface area contributed by atoms with Gasteiger partial charge in [0, 0.05) is 0 Å². The fourth-order valence-corrected chi connectivity index (χ4v) is 1.83. The molecule has 2 rings (SSSR count). The molecule has 1 aromatic heterocycles. The summed E-state index contributed by atoms with van der Waals surface area (Å²) < 4.78 is 19.1. The first-order chi connectivity index (χ1) is 8.15. The van der Waals surface area contributed by atoms with Crippen LogP contribution >= 0.6 is 0 Å². The number of halogens is 1. The Kier molecular flexibility index (Phi) is 3.24. The molecule has 0 aliphatic rings. The smallest absolute Gasteiger partial charge is 0.182 e. The van der Waals surface area contributed by atoms with Gasteiger partial charge in [-0.05, 0) is 31.7 Å². The lowest BCUT2D eigenvalue weighted by Crippen LogP contribution is -2.34. The quantitative estimate of drug-likeness (QED) is 0.828. The van der Waals surface area contributed by atoms with Gasteiger partial charge in [0.25, 0.3) is 0 Å². The predicted octanol–water partition coefficient (Wildman–Crippen LogP) is 2.75. The van der Waals surface area contributed by atoms with E-state index in [1.165, 1.54) is 18.4 Å². The number of Topliss-reactive ketones (excluding diaryl/α,β-unsaturated/α-hetero) is 1. The molecule has 3 nitrogen and oxygen atoms in total. The standard InChI is InChI=1S/C13H14FNO2/c1-3-15-8(2)13(16)10-4-5-11-9(12(10)14)6-7-17-11/h4-8,15H,3H2,1-2H3/t8-/m0/s1. The van der Waals surface area contributed by atoms with Crippen LogP contribution in [0.2, 0.25) is 0 Å². The summed E-state index contributed by atoms with van der Waals surface area (Å²) in [5.41, 5.74) is 0.558. The lowest BCUT2D eigenvalue weighted by atomic mass is 10.0. The van der Waals surface area contributed by atoms with Gasteiger partial charge in [-0.25, -0.2) is 4.39 Å². The summed E-state index contributed by atoms with van der Waals surface area (Å²) in [4.78, 5) is 12.0. The van der Waals surface area contributed by atoms with Gasteiger partial charge in [-0.15, -0.1) is 0 Å². The number of hydrogen-bond acceptors (Lipinski definition) is 3. The minimum atomic E-state index is -0.508. The van der Waals surface area contributed by atoms with E-state index in [1.54, 1.807) is 13.0 Å². The molecule has 0 bridgehead atoms. The van der Waals surface area contributed by atoms with Crippen molar-refractivity contribution in [3.05, 3.63) is 35.8 Å². The topological polar surface area (TPSA) is 42.2 Å². The van der Waals surface area contributed by atoms with Gasteiger partial charge in [0.2, 0.25) is 0 Å². The zero-order valence-corrected chi connectivity index (χ0v) is 9.79. The van der Waals surface area contributed by atoms with Crippen molar-refractivity contribution in [3.63, 3.8) is 0 Å². The molecule has 1 atom stereocenters. The summed E-state index contributed by atoms with van der Waals surface area (Å²) in [6.45, 7) is 4.30. The third-order valence-electron chi connectivity index (χ3n) is 2.74. The number of carbonyl (C=O) groups excluding carboxylic acids is 1. The molecule has 4 heteroatoms. The minimum Gasteiger partial charge on any atom is -0.464 e. The Morgan fingerprint density at radius 2 is 2.24 bits per heavy atom. The third kappa shape index (κ3) is 2.08. The summed E-state index contributed by atoms with van der Waals surface area (Å²) in [5, 5.41) is 3.32. The maximum Gasteiger partial charge on any atom is 0.182 e. The second-order valence-electron chi connectivity index (χ2n) is 3.90. The van der Waals surface area contributed by atoms with Crippen molar-refractivity contribution in [3.8, 4) is 0 Å². The summed E-state index contributed by atoms with van der Waals surface area (Å²) in [5.74, 6) is -0.751. The van der Waals surface area contributed by atoms with E-state index in [4.69, 9.17) is 4.42 Å². The van der Waals surface area contributed by atoms with E-state index < -0.39 is 5.82 Å². The van der Waals surface area contributed by atoms with Crippen molar-refractivity contribution in [2.75, 3.05) is 6.54 Å². The number of benzene rings is 1. The van der Waals surface area contributed by atoms with Gasteiger partial charge in [-0.3, -0.25) is 4.79 Å². The number of fused-ring (bicyclic) bond motifs is 1. The van der Waals surface area contributed by atoms with Gasteiger partial charge in [-0.2, -0.15) is 0 Å². The highest BCUT2D eigenvalue weighted by Gasteiger charge is 2.20. The van der Waals surface area contributed by atoms with E-state index in [0.717, 1.165) is 0 Å². The van der Waals surface area contributed by atoms with Crippen molar-refractivity contribution in [2.45, 2.75) is 19.9 Å². The van der Waals surface area contributed by atoms with Gasteiger partial charge in [0.05, 0.1) is 23.3 Å². The van der Waals surface area contributed by atoms with Gasteiger partial charge in [0.15, 0.2) is 5.78 Å². The van der Waals surface area contributed by atoms with Crippen LogP contribution in [0.4, 0.5) is 4.39 Å². The second kappa shape index (κ2) is 4.67. The minimum absolute atomic E-state index is 0.104. The van der Waals surface area contributed by atoms with Crippen LogP contribution in [0.25, 0.3) is 11.0 Å². The van der Waals surface area contributed by atoms with Crippen LogP contribution in [-0.2, 0) is 0 Å². The highest BCUT2D eigenvalue weighted by molar-refractivity contribution is 6.02. The third-order valence-corrected chi connectivity index (χ3v) is 2.74. The fraction of sp³-hybridized carbons (Fsp3) is 0.308. The zero-order valence-electron chi connectivity index (χ0n) is 9.79. The molecule has 0 aliphatic carbocycles. The highest BCUT2D eigenvalue weighted by atomic mass is 19.1. The average molecular weight is 235 g/mol. The normalized spacial score (nSPS) is 12.9. The van der Waals surface area contributed by atoms with E-state index in [-0.39, 0.29) is 17.4 Å². The maximum absolute atomic E-state index is 14.0. The fourth-order valence-electron chi connectivity index (χ4n) is 1.83. The van der Waals surface area contributed by atoms with Gasteiger partial charge in [-0.1, -0.05) is 6.92 Å². The molecular weight excluding hydrogens is 221 g/mol. The van der Waals surface area contributed by atoms with E-state index in [9.17, 15) is 9.18 Å². The van der Waals surface area contributed by atoms with Crippen LogP contribution in [0.1, 0.15) is 24.2 Å². The van der Waals surface area contributed by atoms with Crippen molar-refractivity contribution in [1.29, 1.82) is 0 Å². The molecule has 0 saturated heterocycles. The summed E-state index contributed by atoms with van der Waals surface area (Å²) in [6, 6.07) is 4.22. The molecule has 0 saturated carbocycles. The van der Waals surface area contributed by atoms with E-state index in [0.29, 0.717) is 17.5 Å². The molecule has 2 aromatic rings. The van der Waals surface area contributed by atoms with Crippen LogP contribution in [0.3, 0.4) is 0 Å². The molecule has 1 heterocycles. The Bertz CT molecular complexity index is 547. The van der Waals surface area contributed by atoms with Crippen LogP contribution in [-0.4, -0.2) is 18.4 Å². The van der Waals surface area contributed by atoms with Crippen LogP contribution in [0.15, 0.2) is 28.9 Å². The molecule has 0 spiro atoms. The number of furan rings is 1. The zero-order chi connectivity index (χ0) is 12.4. The Balaban J connectivity index is 2.41. The molecule has 90 valence electrons. The monoisotopic (exact) mass is 235 g/mol. The van der Waals surface area contributed by atoms with Crippen molar-refractivity contribution in [2.24, 2.45) is 0 Å². The van der Waals surface area contributed by atoms with Crippen LogP contribution < -0.4 is 5.32 Å². The van der Waals surface area contributed by atoms with Crippen LogP contribution in [0, 0.1) is 5.82 Å². The van der Waals surface area contributed by atoms with E-state index in [2.05, 4.69) is 5.32 Å². The van der Waals surface area contributed by atoms with Gasteiger partial charge >= 0.3 is 0 Å². The molecule has 17 heavy (non-hydrogen) atoms. The predicted molar refractivity (Wildman–Crippen MR) is 63.6 cm³/mol. The molecular formula is C13H14FNO2. The summed E-state index contributed by atoms with van der Waals surface area (Å²) >= 11 is 0. The number of likely N-dealkylation sites (N-methyl/N-ethyl adjacent to an activating group) is 1. The number of hydrogen-bond donors (Lipinski definition) is 1. The lowest BCUT2D eigenvalue weighted by Gasteiger charge is -2.11. The summed E-state index contributed by atoms with van der Waals surface area (Å²) in [6.07, 6.45) is 1.41. The van der Waals surface area contributed by atoms with Crippen molar-refractivity contribution in [1.82, 2.24) is 5.32 Å². The van der Waals surface area contributed by atoms with Crippen molar-refractivity contribution >= 4 is 16.8 Å². The Morgan fingerprint density at radius 3 is 2.94 bits per heavy atom. The first-order valence-corrected chi connectivity index (χ1v) is 5.58. The molecule has 0 unspecified atom stereocenters. The van der Waals surface area contributed by atoms with E-state index in [1.807, 2.05) is 6.92 Å². The van der Waals surface area contributed by atoms with E-state index >= 15 is 0 Å². The van der Waals surface area contributed by atoms with Crippen LogP contribution in [0.5, 0.6) is 0 Å². The number of nitrogens with one attached hydrogen (secondary N) is 1. The molecule has 0 amide bonds. The van der Waals surface area contributed by atoms with Gasteiger partial charge in [0.1, 0.15) is 11.4 Å². The average Bonchev–Trinajstić information content (AvgIpc) is 2.78. The maximum atomic E-state index is 14.0. The number of carbonyl (C=O) groups is 1. The first-order valence-electron chi connectivity index (χ1n) is 5.58. The number of ketones is 1. The second-order valence-corrected chi connectivity index (χ2v) is 3.90. The molecule has 0 fully saturated rings. The lowest BCUT2D eigenvalue weighted by molar-refractivity contribution is 0.0948. The van der Waals surface area contributed by atoms with Gasteiger partial charge < -0.3 is 9.73 Å². The highest BCUT2D eigenvalue weighted by Crippen LogP contribution is 2.22. The Hall–Kier alpha value is -1.68. The molecule has 0 aliphatic heterocycles.